The molecule has 0 amide bonds. The summed E-state index contributed by atoms with van der Waals surface area (Å²) < 4.78 is 6.56. The predicted octanol–water partition coefficient (Wildman–Crippen LogP) is 10.9. The zero-order valence-corrected chi connectivity index (χ0v) is 22.8. The van der Waals surface area contributed by atoms with Crippen LogP contribution in [0.2, 0.25) is 0 Å². The first-order chi connectivity index (χ1) is 20.8. The number of para-hydroxylation sites is 1. The standard InChI is InChI=1S/C39H26N2O/c1-3-12-27(13-4-1)28-22-24-31(25-23-28)41(30-15-5-2-6-16-30)32-17-11-14-29(26-32)39-40-37-35-20-9-7-18-33(35)34-19-8-10-21-36(34)38(37)42-39/h1-26H. The quantitative estimate of drug-likeness (QED) is 0.204. The largest absolute Gasteiger partial charge is 0.435 e. The van der Waals surface area contributed by atoms with E-state index < -0.39 is 0 Å². The topological polar surface area (TPSA) is 29.3 Å². The Hall–Kier alpha value is -5.67. The third-order valence-electron chi connectivity index (χ3n) is 7.87. The summed E-state index contributed by atoms with van der Waals surface area (Å²) in [7, 11) is 0. The van der Waals surface area contributed by atoms with Crippen LogP contribution in [0, 0.1) is 0 Å². The Labute approximate surface area is 243 Å². The maximum atomic E-state index is 6.56. The van der Waals surface area contributed by atoms with Crippen LogP contribution in [0.25, 0.3) is 55.2 Å². The molecule has 0 fully saturated rings. The number of nitrogens with zero attached hydrogens (tertiary/aromatic N) is 2. The van der Waals surface area contributed by atoms with Crippen LogP contribution in [0.15, 0.2) is 162 Å². The first kappa shape index (κ1) is 24.2. The van der Waals surface area contributed by atoms with Crippen LogP contribution >= 0.6 is 0 Å². The zero-order valence-electron chi connectivity index (χ0n) is 22.8. The van der Waals surface area contributed by atoms with Crippen molar-refractivity contribution in [2.45, 2.75) is 0 Å². The Morgan fingerprint density at radius 1 is 0.405 bits per heavy atom. The molecule has 0 radical (unpaired) electrons. The van der Waals surface area contributed by atoms with Crippen LogP contribution in [0.5, 0.6) is 0 Å². The summed E-state index contributed by atoms with van der Waals surface area (Å²) in [5.41, 5.74) is 8.22. The number of rotatable bonds is 5. The summed E-state index contributed by atoms with van der Waals surface area (Å²) in [5.74, 6) is 0.612. The van der Waals surface area contributed by atoms with E-state index in [4.69, 9.17) is 9.40 Å². The fourth-order valence-electron chi connectivity index (χ4n) is 5.89. The lowest BCUT2D eigenvalue weighted by atomic mass is 10.0. The van der Waals surface area contributed by atoms with Crippen LogP contribution < -0.4 is 4.90 Å². The molecule has 42 heavy (non-hydrogen) atoms. The second-order valence-corrected chi connectivity index (χ2v) is 10.4. The number of anilines is 3. The molecular formula is C39H26N2O. The van der Waals surface area contributed by atoms with Crippen LogP contribution in [-0.2, 0) is 0 Å². The van der Waals surface area contributed by atoms with Crippen molar-refractivity contribution in [2.24, 2.45) is 0 Å². The summed E-state index contributed by atoms with van der Waals surface area (Å²) in [6.07, 6.45) is 0. The third-order valence-corrected chi connectivity index (χ3v) is 7.87. The van der Waals surface area contributed by atoms with Gasteiger partial charge in [0.1, 0.15) is 5.52 Å². The second kappa shape index (κ2) is 10.1. The molecule has 0 atom stereocenters. The normalized spacial score (nSPS) is 11.3. The van der Waals surface area contributed by atoms with Gasteiger partial charge in [-0.15, -0.1) is 0 Å². The van der Waals surface area contributed by atoms with Gasteiger partial charge in [0.05, 0.1) is 0 Å². The number of fused-ring (bicyclic) bond motifs is 6. The van der Waals surface area contributed by atoms with Crippen LogP contribution in [-0.4, -0.2) is 4.98 Å². The van der Waals surface area contributed by atoms with Gasteiger partial charge >= 0.3 is 0 Å². The smallest absolute Gasteiger partial charge is 0.227 e. The van der Waals surface area contributed by atoms with Crippen molar-refractivity contribution in [2.75, 3.05) is 4.90 Å². The molecule has 0 bridgehead atoms. The molecule has 0 saturated carbocycles. The number of oxazole rings is 1. The van der Waals surface area contributed by atoms with Crippen molar-refractivity contribution < 1.29 is 4.42 Å². The third kappa shape index (κ3) is 4.11. The van der Waals surface area contributed by atoms with Gasteiger partial charge in [0.25, 0.3) is 0 Å². The van der Waals surface area contributed by atoms with E-state index >= 15 is 0 Å². The first-order valence-corrected chi connectivity index (χ1v) is 14.1. The average Bonchev–Trinajstić information content (AvgIpc) is 3.53. The number of aromatic nitrogens is 1. The number of hydrogen-bond acceptors (Lipinski definition) is 3. The molecule has 0 aliphatic rings. The van der Waals surface area contributed by atoms with Crippen molar-refractivity contribution in [3.05, 3.63) is 158 Å². The van der Waals surface area contributed by atoms with E-state index in [1.54, 1.807) is 0 Å². The highest BCUT2D eigenvalue weighted by Gasteiger charge is 2.18. The molecule has 8 aromatic rings. The Bertz CT molecular complexity index is 2110. The highest BCUT2D eigenvalue weighted by molar-refractivity contribution is 6.22. The summed E-state index contributed by atoms with van der Waals surface area (Å²) in [6, 6.07) is 54.9. The van der Waals surface area contributed by atoms with Gasteiger partial charge < -0.3 is 9.32 Å². The maximum absolute atomic E-state index is 6.56. The molecule has 198 valence electrons. The minimum absolute atomic E-state index is 0.612. The fourth-order valence-corrected chi connectivity index (χ4v) is 5.89. The maximum Gasteiger partial charge on any atom is 0.227 e. The molecule has 3 heteroatoms. The van der Waals surface area contributed by atoms with E-state index in [-0.39, 0.29) is 0 Å². The van der Waals surface area contributed by atoms with Gasteiger partial charge in [-0.05, 0) is 64.4 Å². The molecule has 0 spiro atoms. The molecule has 7 aromatic carbocycles. The van der Waals surface area contributed by atoms with Crippen LogP contribution in [0.1, 0.15) is 0 Å². The molecule has 0 N–H and O–H groups in total. The van der Waals surface area contributed by atoms with Gasteiger partial charge in [-0.25, -0.2) is 4.98 Å². The molecule has 1 aromatic heterocycles. The number of hydrogen-bond donors (Lipinski definition) is 0. The Morgan fingerprint density at radius 3 is 1.67 bits per heavy atom. The lowest BCUT2D eigenvalue weighted by Gasteiger charge is -2.26. The van der Waals surface area contributed by atoms with Gasteiger partial charge in [0.15, 0.2) is 5.58 Å². The van der Waals surface area contributed by atoms with E-state index in [0.717, 1.165) is 44.5 Å². The fraction of sp³-hybridized carbons (Fsp3) is 0. The van der Waals surface area contributed by atoms with Crippen molar-refractivity contribution in [3.63, 3.8) is 0 Å². The Balaban J connectivity index is 1.26. The molecule has 0 aliphatic carbocycles. The van der Waals surface area contributed by atoms with Gasteiger partial charge in [-0.3, -0.25) is 0 Å². The summed E-state index contributed by atoms with van der Waals surface area (Å²) >= 11 is 0. The highest BCUT2D eigenvalue weighted by Crippen LogP contribution is 2.40. The van der Waals surface area contributed by atoms with Crippen molar-refractivity contribution in [1.82, 2.24) is 4.98 Å². The van der Waals surface area contributed by atoms with Gasteiger partial charge in [-0.2, -0.15) is 0 Å². The number of benzene rings is 7. The molecular weight excluding hydrogens is 512 g/mol. The van der Waals surface area contributed by atoms with Gasteiger partial charge in [0.2, 0.25) is 5.89 Å². The van der Waals surface area contributed by atoms with E-state index in [0.29, 0.717) is 5.89 Å². The van der Waals surface area contributed by atoms with E-state index in [1.807, 2.05) is 12.1 Å². The molecule has 0 aliphatic heterocycles. The Kier molecular flexibility index (Phi) is 5.79. The average molecular weight is 539 g/mol. The van der Waals surface area contributed by atoms with E-state index in [1.165, 1.54) is 21.9 Å². The second-order valence-electron chi connectivity index (χ2n) is 10.4. The van der Waals surface area contributed by atoms with Crippen LogP contribution in [0.3, 0.4) is 0 Å². The lowest BCUT2D eigenvalue weighted by Crippen LogP contribution is -2.09. The summed E-state index contributed by atoms with van der Waals surface area (Å²) in [6.45, 7) is 0. The van der Waals surface area contributed by atoms with Crippen LogP contribution in [0.4, 0.5) is 17.1 Å². The van der Waals surface area contributed by atoms with E-state index in [9.17, 15) is 0 Å². The predicted molar refractivity (Wildman–Crippen MR) is 175 cm³/mol. The molecule has 0 unspecified atom stereocenters. The highest BCUT2D eigenvalue weighted by atomic mass is 16.3. The SMILES string of the molecule is c1ccc(-c2ccc(N(c3ccccc3)c3cccc(-c4nc5c6ccccc6c6ccccc6c5o4)c3)cc2)cc1. The van der Waals surface area contributed by atoms with Crippen molar-refractivity contribution in [3.8, 4) is 22.6 Å². The van der Waals surface area contributed by atoms with E-state index in [2.05, 4.69) is 150 Å². The summed E-state index contributed by atoms with van der Waals surface area (Å²) in [5, 5.41) is 4.53. The zero-order chi connectivity index (χ0) is 27.9. The minimum Gasteiger partial charge on any atom is -0.435 e. The van der Waals surface area contributed by atoms with Gasteiger partial charge in [-0.1, -0.05) is 115 Å². The molecule has 8 rings (SSSR count). The van der Waals surface area contributed by atoms with Crippen molar-refractivity contribution in [1.29, 1.82) is 0 Å². The Morgan fingerprint density at radius 2 is 0.929 bits per heavy atom. The minimum atomic E-state index is 0.612. The van der Waals surface area contributed by atoms with Crippen molar-refractivity contribution >= 4 is 49.7 Å². The first-order valence-electron chi connectivity index (χ1n) is 14.1. The van der Waals surface area contributed by atoms with Gasteiger partial charge in [0, 0.05) is 33.4 Å². The molecule has 0 saturated heterocycles. The molecule has 1 heterocycles. The lowest BCUT2D eigenvalue weighted by molar-refractivity contribution is 0.623. The summed E-state index contributed by atoms with van der Waals surface area (Å²) in [4.78, 5) is 7.34. The monoisotopic (exact) mass is 538 g/mol. The molecule has 3 nitrogen and oxygen atoms in total.